The molecule has 214 valence electrons. The second-order valence-electron chi connectivity index (χ2n) is 10.2. The molecule has 40 heavy (non-hydrogen) atoms. The van der Waals surface area contributed by atoms with Crippen molar-refractivity contribution in [1.29, 1.82) is 0 Å². The first kappa shape index (κ1) is 30.9. The number of nitrogens with zero attached hydrogens (tertiary/aromatic N) is 4. The first-order valence-electron chi connectivity index (χ1n) is 13.8. The maximum atomic E-state index is 13.4. The number of nitrogens with two attached hydrogens (primary N) is 1. The standard InChI is InChI=1S/C30H35F2N5O.C2H6/c1-19(15-26-20(2)34-12-9-25(26)24-16-27(28(31)32)29(33)35-17-24)18-37-13-10-22(11-14-37)21-5-7-23(8-6-21)30(38)36(3)4;1-2/h5-9,12,15-17,22,28H,10-11,13-14,18H2,1-4H3,(H2,33,35);1-2H3/b19-15+;. The molecule has 0 aliphatic carbocycles. The van der Waals surface area contributed by atoms with E-state index in [2.05, 4.69) is 40.0 Å². The van der Waals surface area contributed by atoms with Gasteiger partial charge in [0.2, 0.25) is 0 Å². The van der Waals surface area contributed by atoms with Crippen molar-refractivity contribution < 1.29 is 13.6 Å². The van der Waals surface area contributed by atoms with E-state index in [9.17, 15) is 13.6 Å². The summed E-state index contributed by atoms with van der Waals surface area (Å²) in [6, 6.07) is 11.3. The van der Waals surface area contributed by atoms with Crippen LogP contribution in [0.5, 0.6) is 0 Å². The number of carbonyl (C=O) groups is 1. The van der Waals surface area contributed by atoms with Gasteiger partial charge in [-0.2, -0.15) is 0 Å². The number of hydrogen-bond acceptors (Lipinski definition) is 5. The highest BCUT2D eigenvalue weighted by atomic mass is 19.3. The Kier molecular flexibility index (Phi) is 10.9. The third-order valence-corrected chi connectivity index (χ3v) is 7.17. The van der Waals surface area contributed by atoms with Crippen LogP contribution >= 0.6 is 0 Å². The number of aryl methyl sites for hydroxylation is 1. The summed E-state index contributed by atoms with van der Waals surface area (Å²) in [4.78, 5) is 24.6. The number of anilines is 1. The fourth-order valence-corrected chi connectivity index (χ4v) is 5.05. The summed E-state index contributed by atoms with van der Waals surface area (Å²) >= 11 is 0. The molecule has 3 aromatic rings. The number of amides is 1. The van der Waals surface area contributed by atoms with Gasteiger partial charge in [-0.15, -0.1) is 0 Å². The summed E-state index contributed by atoms with van der Waals surface area (Å²) < 4.78 is 26.8. The van der Waals surface area contributed by atoms with Crippen LogP contribution in [0.15, 0.2) is 54.4 Å². The largest absolute Gasteiger partial charge is 0.383 e. The third-order valence-electron chi connectivity index (χ3n) is 7.17. The molecule has 2 N–H and O–H groups in total. The number of likely N-dealkylation sites (tertiary alicyclic amines) is 1. The van der Waals surface area contributed by atoms with Crippen molar-refractivity contribution in [3.63, 3.8) is 0 Å². The molecular formula is C32H41F2N5O. The van der Waals surface area contributed by atoms with Crippen LogP contribution in [0.25, 0.3) is 17.2 Å². The minimum absolute atomic E-state index is 0.0164. The summed E-state index contributed by atoms with van der Waals surface area (Å²) in [5.74, 6) is 0.347. The van der Waals surface area contributed by atoms with Gasteiger partial charge in [0.25, 0.3) is 12.3 Å². The number of aromatic nitrogens is 2. The van der Waals surface area contributed by atoms with Crippen molar-refractivity contribution in [1.82, 2.24) is 19.8 Å². The zero-order chi connectivity index (χ0) is 29.4. The molecule has 0 bridgehead atoms. The Labute approximate surface area is 236 Å². The van der Waals surface area contributed by atoms with Crippen molar-refractivity contribution >= 4 is 17.8 Å². The molecule has 0 saturated carbocycles. The molecule has 0 atom stereocenters. The maximum Gasteiger partial charge on any atom is 0.267 e. The molecule has 3 heterocycles. The number of halogens is 2. The van der Waals surface area contributed by atoms with Crippen molar-refractivity contribution in [3.05, 3.63) is 82.3 Å². The topological polar surface area (TPSA) is 75.3 Å². The van der Waals surface area contributed by atoms with Crippen LogP contribution in [0, 0.1) is 6.92 Å². The van der Waals surface area contributed by atoms with Crippen LogP contribution in [-0.2, 0) is 0 Å². The van der Waals surface area contributed by atoms with Gasteiger partial charge in [0.15, 0.2) is 0 Å². The summed E-state index contributed by atoms with van der Waals surface area (Å²) in [5, 5.41) is 0. The minimum atomic E-state index is -2.69. The molecule has 0 radical (unpaired) electrons. The second-order valence-corrected chi connectivity index (χ2v) is 10.2. The predicted molar refractivity (Wildman–Crippen MR) is 159 cm³/mol. The monoisotopic (exact) mass is 549 g/mol. The SMILES string of the molecule is C/C(=C\c1c(-c2cnc(N)c(C(F)F)c2)ccnc1C)CN1CCC(c2ccc(C(=O)N(C)C)cc2)CC1.CC. The predicted octanol–water partition coefficient (Wildman–Crippen LogP) is 6.98. The fourth-order valence-electron chi connectivity index (χ4n) is 5.05. The zero-order valence-corrected chi connectivity index (χ0v) is 24.4. The molecule has 1 saturated heterocycles. The molecule has 1 aromatic carbocycles. The number of piperidine rings is 1. The van der Waals surface area contributed by atoms with Gasteiger partial charge in [0.05, 0.1) is 5.56 Å². The van der Waals surface area contributed by atoms with Gasteiger partial charge < -0.3 is 10.6 Å². The average Bonchev–Trinajstić information content (AvgIpc) is 2.95. The summed E-state index contributed by atoms with van der Waals surface area (Å²) in [7, 11) is 3.52. The lowest BCUT2D eigenvalue weighted by Gasteiger charge is -2.32. The molecule has 1 aliphatic heterocycles. The molecule has 6 nitrogen and oxygen atoms in total. The highest BCUT2D eigenvalue weighted by Crippen LogP contribution is 2.33. The molecule has 1 fully saturated rings. The zero-order valence-electron chi connectivity index (χ0n) is 24.4. The lowest BCUT2D eigenvalue weighted by Crippen LogP contribution is -2.34. The van der Waals surface area contributed by atoms with Crippen molar-refractivity contribution in [2.75, 3.05) is 39.5 Å². The van der Waals surface area contributed by atoms with Gasteiger partial charge in [-0.05, 0) is 81.1 Å². The van der Waals surface area contributed by atoms with Crippen LogP contribution in [0.2, 0.25) is 0 Å². The summed E-state index contributed by atoms with van der Waals surface area (Å²) in [6.07, 6.45) is 4.74. The van der Waals surface area contributed by atoms with Gasteiger partial charge in [0.1, 0.15) is 5.82 Å². The van der Waals surface area contributed by atoms with E-state index in [0.717, 1.165) is 49.3 Å². The highest BCUT2D eigenvalue weighted by Gasteiger charge is 2.22. The highest BCUT2D eigenvalue weighted by molar-refractivity contribution is 5.93. The summed E-state index contributed by atoms with van der Waals surface area (Å²) in [5.41, 5.74) is 11.7. The number of nitrogen functional groups attached to an aromatic ring is 1. The Morgan fingerprint density at radius 3 is 2.38 bits per heavy atom. The van der Waals surface area contributed by atoms with Crippen LogP contribution < -0.4 is 5.73 Å². The number of rotatable bonds is 7. The first-order valence-corrected chi connectivity index (χ1v) is 13.8. The van der Waals surface area contributed by atoms with E-state index in [1.165, 1.54) is 23.4 Å². The first-order chi connectivity index (χ1) is 19.1. The number of carbonyl (C=O) groups excluding carboxylic acids is 1. The van der Waals surface area contributed by atoms with Gasteiger partial charge >= 0.3 is 0 Å². The molecule has 8 heteroatoms. The molecule has 4 rings (SSSR count). The second kappa shape index (κ2) is 14.1. The molecule has 1 aliphatic rings. The van der Waals surface area contributed by atoms with Gasteiger partial charge in [-0.3, -0.25) is 14.7 Å². The van der Waals surface area contributed by atoms with E-state index in [4.69, 9.17) is 5.73 Å². The molecule has 2 aromatic heterocycles. The Morgan fingerprint density at radius 2 is 1.77 bits per heavy atom. The lowest BCUT2D eigenvalue weighted by atomic mass is 9.88. The quantitative estimate of drug-likeness (QED) is 0.344. The molecule has 0 unspecified atom stereocenters. The van der Waals surface area contributed by atoms with Crippen LogP contribution in [0.3, 0.4) is 0 Å². The van der Waals surface area contributed by atoms with Crippen molar-refractivity contribution in [2.45, 2.75) is 52.9 Å². The number of hydrogen-bond donors (Lipinski definition) is 1. The van der Waals surface area contributed by atoms with Crippen molar-refractivity contribution in [2.24, 2.45) is 0 Å². The van der Waals surface area contributed by atoms with Gasteiger partial charge in [0, 0.05) is 55.4 Å². The Hall–Kier alpha value is -3.65. The Balaban J connectivity index is 0.00000216. The smallest absolute Gasteiger partial charge is 0.267 e. The number of pyridine rings is 2. The Bertz CT molecular complexity index is 1310. The van der Waals surface area contributed by atoms with Crippen LogP contribution in [0.4, 0.5) is 14.6 Å². The lowest BCUT2D eigenvalue weighted by molar-refractivity contribution is 0.0827. The van der Waals surface area contributed by atoms with Gasteiger partial charge in [-0.25, -0.2) is 13.8 Å². The fraction of sp³-hybridized carbons (Fsp3) is 0.406. The van der Waals surface area contributed by atoms with Crippen LogP contribution in [-0.4, -0.2) is 59.4 Å². The van der Waals surface area contributed by atoms with E-state index in [-0.39, 0.29) is 17.3 Å². The van der Waals surface area contributed by atoms with E-state index in [0.29, 0.717) is 17.0 Å². The normalized spacial score (nSPS) is 14.6. The van der Waals surface area contributed by atoms with Crippen LogP contribution in [0.1, 0.15) is 78.7 Å². The van der Waals surface area contributed by atoms with E-state index >= 15 is 0 Å². The van der Waals surface area contributed by atoms with Crippen molar-refractivity contribution in [3.8, 4) is 11.1 Å². The molecule has 0 spiro atoms. The van der Waals surface area contributed by atoms with E-state index < -0.39 is 6.43 Å². The average molecular weight is 550 g/mol. The minimum Gasteiger partial charge on any atom is -0.383 e. The third kappa shape index (κ3) is 7.50. The van der Waals surface area contributed by atoms with E-state index in [1.807, 2.05) is 39.0 Å². The molecule has 1 amide bonds. The number of alkyl halides is 2. The summed E-state index contributed by atoms with van der Waals surface area (Å²) in [6.45, 7) is 10.8. The molecular weight excluding hydrogens is 508 g/mol. The van der Waals surface area contributed by atoms with E-state index in [1.54, 1.807) is 25.2 Å². The maximum absolute atomic E-state index is 13.4. The Morgan fingerprint density at radius 1 is 1.12 bits per heavy atom. The number of benzene rings is 1. The van der Waals surface area contributed by atoms with Gasteiger partial charge in [-0.1, -0.05) is 37.6 Å².